The molecule has 0 aliphatic carbocycles. The van der Waals surface area contributed by atoms with Crippen molar-refractivity contribution in [2.45, 2.75) is 17.7 Å². The first-order valence-electron chi connectivity index (χ1n) is 7.93. The zero-order valence-corrected chi connectivity index (χ0v) is 14.5. The van der Waals surface area contributed by atoms with E-state index in [2.05, 4.69) is 0 Å². The van der Waals surface area contributed by atoms with Crippen LogP contribution >= 0.6 is 0 Å². The quantitative estimate of drug-likeness (QED) is 0.633. The fourth-order valence-electron chi connectivity index (χ4n) is 2.97. The number of carboxylic acids is 1. The molecule has 0 spiro atoms. The van der Waals surface area contributed by atoms with Gasteiger partial charge in [-0.3, -0.25) is 10.1 Å². The molecule has 3 rings (SSSR count). The first kappa shape index (κ1) is 18.0. The van der Waals surface area contributed by atoms with E-state index in [4.69, 9.17) is 0 Å². The lowest BCUT2D eigenvalue weighted by Gasteiger charge is -2.16. The van der Waals surface area contributed by atoms with Gasteiger partial charge in [0.1, 0.15) is 0 Å². The van der Waals surface area contributed by atoms with Gasteiger partial charge in [0, 0.05) is 30.8 Å². The van der Waals surface area contributed by atoms with Crippen LogP contribution in [-0.4, -0.2) is 41.8 Å². The molecule has 1 saturated heterocycles. The number of nitro benzene ring substituents is 1. The van der Waals surface area contributed by atoms with Crippen LogP contribution in [0, 0.1) is 10.1 Å². The predicted octanol–water partition coefficient (Wildman–Crippen LogP) is 2.74. The van der Waals surface area contributed by atoms with E-state index < -0.39 is 20.9 Å². The molecule has 1 aliphatic heterocycles. The number of carbonyl (C=O) groups is 1. The lowest BCUT2D eigenvalue weighted by Crippen LogP contribution is -2.27. The van der Waals surface area contributed by atoms with Crippen LogP contribution in [0.4, 0.5) is 5.69 Å². The Morgan fingerprint density at radius 1 is 1.12 bits per heavy atom. The van der Waals surface area contributed by atoms with Crippen molar-refractivity contribution < 1.29 is 23.2 Å². The van der Waals surface area contributed by atoms with Crippen molar-refractivity contribution in [3.05, 3.63) is 58.1 Å². The number of nitro groups is 1. The van der Waals surface area contributed by atoms with Gasteiger partial charge in [-0.15, -0.1) is 0 Å². The minimum Gasteiger partial charge on any atom is -0.478 e. The standard InChI is InChI=1S/C17H16N2O6S/c20-17(21)15-7-6-13(19(22)23)11-16(15)12-4-3-5-14(10-12)26(24,25)18-8-1-2-9-18/h3-7,10-11H,1-2,8-9H2,(H,20,21). The average Bonchev–Trinajstić information content (AvgIpc) is 3.16. The van der Waals surface area contributed by atoms with E-state index in [1.54, 1.807) is 0 Å². The largest absolute Gasteiger partial charge is 0.478 e. The minimum absolute atomic E-state index is 0.0414. The molecule has 0 unspecified atom stereocenters. The van der Waals surface area contributed by atoms with E-state index in [0.717, 1.165) is 31.0 Å². The number of nitrogens with zero attached hydrogens (tertiary/aromatic N) is 2. The number of aromatic carboxylic acids is 1. The summed E-state index contributed by atoms with van der Waals surface area (Å²) in [5.74, 6) is -1.25. The van der Waals surface area contributed by atoms with Crippen molar-refractivity contribution in [1.29, 1.82) is 0 Å². The van der Waals surface area contributed by atoms with Gasteiger partial charge in [0.15, 0.2) is 0 Å². The fraction of sp³-hybridized carbons (Fsp3) is 0.235. The molecule has 26 heavy (non-hydrogen) atoms. The van der Waals surface area contributed by atoms with Crippen molar-refractivity contribution in [3.8, 4) is 11.1 Å². The first-order chi connectivity index (χ1) is 12.3. The number of rotatable bonds is 5. The van der Waals surface area contributed by atoms with E-state index >= 15 is 0 Å². The SMILES string of the molecule is O=C(O)c1ccc([N+](=O)[O-])cc1-c1cccc(S(=O)(=O)N2CCCC2)c1. The zero-order chi connectivity index (χ0) is 18.9. The predicted molar refractivity (Wildman–Crippen MR) is 93.5 cm³/mol. The van der Waals surface area contributed by atoms with Crippen LogP contribution in [-0.2, 0) is 10.0 Å². The highest BCUT2D eigenvalue weighted by atomic mass is 32.2. The third-order valence-corrected chi connectivity index (χ3v) is 6.19. The summed E-state index contributed by atoms with van der Waals surface area (Å²) in [6, 6.07) is 9.24. The molecule has 2 aromatic rings. The van der Waals surface area contributed by atoms with Crippen LogP contribution in [0.2, 0.25) is 0 Å². The van der Waals surface area contributed by atoms with E-state index in [1.807, 2.05) is 0 Å². The fourth-order valence-corrected chi connectivity index (χ4v) is 4.54. The number of sulfonamides is 1. The molecule has 0 amide bonds. The highest BCUT2D eigenvalue weighted by Crippen LogP contribution is 2.31. The molecule has 9 heteroatoms. The summed E-state index contributed by atoms with van der Waals surface area (Å²) >= 11 is 0. The Morgan fingerprint density at radius 3 is 2.42 bits per heavy atom. The Hall–Kier alpha value is -2.78. The van der Waals surface area contributed by atoms with Crippen molar-refractivity contribution in [2.24, 2.45) is 0 Å². The van der Waals surface area contributed by atoms with Gasteiger partial charge >= 0.3 is 5.97 Å². The lowest BCUT2D eigenvalue weighted by molar-refractivity contribution is -0.384. The van der Waals surface area contributed by atoms with Crippen LogP contribution in [0.25, 0.3) is 11.1 Å². The van der Waals surface area contributed by atoms with Gasteiger partial charge < -0.3 is 5.11 Å². The van der Waals surface area contributed by atoms with Gasteiger partial charge in [-0.1, -0.05) is 12.1 Å². The van der Waals surface area contributed by atoms with Gasteiger partial charge in [0.05, 0.1) is 15.4 Å². The second kappa shape index (κ2) is 6.85. The number of non-ortho nitro benzene ring substituents is 1. The summed E-state index contributed by atoms with van der Waals surface area (Å²) in [6.07, 6.45) is 1.60. The lowest BCUT2D eigenvalue weighted by atomic mass is 9.99. The molecule has 8 nitrogen and oxygen atoms in total. The molecule has 1 heterocycles. The summed E-state index contributed by atoms with van der Waals surface area (Å²) < 4.78 is 26.8. The monoisotopic (exact) mass is 376 g/mol. The van der Waals surface area contributed by atoms with E-state index in [1.165, 1.54) is 28.6 Å². The summed E-state index contributed by atoms with van der Waals surface area (Å²) in [5, 5.41) is 20.4. The summed E-state index contributed by atoms with van der Waals surface area (Å²) in [7, 11) is -3.68. The molecule has 1 N–H and O–H groups in total. The number of hydrogen-bond donors (Lipinski definition) is 1. The van der Waals surface area contributed by atoms with Crippen molar-refractivity contribution >= 4 is 21.7 Å². The second-order valence-electron chi connectivity index (χ2n) is 5.93. The van der Waals surface area contributed by atoms with E-state index in [-0.39, 0.29) is 21.7 Å². The first-order valence-corrected chi connectivity index (χ1v) is 9.37. The Labute approximate surface area is 149 Å². The van der Waals surface area contributed by atoms with E-state index in [9.17, 15) is 28.4 Å². The topological polar surface area (TPSA) is 118 Å². The van der Waals surface area contributed by atoms with Gasteiger partial charge in [-0.25, -0.2) is 13.2 Å². The number of hydrogen-bond acceptors (Lipinski definition) is 5. The number of carboxylic acid groups (broad SMARTS) is 1. The van der Waals surface area contributed by atoms with Crippen LogP contribution in [0.5, 0.6) is 0 Å². The van der Waals surface area contributed by atoms with Crippen molar-refractivity contribution in [1.82, 2.24) is 4.31 Å². The van der Waals surface area contributed by atoms with E-state index in [0.29, 0.717) is 18.7 Å². The van der Waals surface area contributed by atoms with Crippen LogP contribution in [0.3, 0.4) is 0 Å². The van der Waals surface area contributed by atoms with Gasteiger partial charge in [-0.2, -0.15) is 4.31 Å². The molecule has 136 valence electrons. The normalized spacial score (nSPS) is 15.1. The summed E-state index contributed by atoms with van der Waals surface area (Å²) in [5.41, 5.74) is 0.000618. The minimum atomic E-state index is -3.68. The highest BCUT2D eigenvalue weighted by molar-refractivity contribution is 7.89. The molecule has 2 aromatic carbocycles. The molecule has 0 radical (unpaired) electrons. The molecular formula is C17H16N2O6S. The smallest absolute Gasteiger partial charge is 0.336 e. The Morgan fingerprint density at radius 2 is 1.81 bits per heavy atom. The Kier molecular flexibility index (Phi) is 4.75. The van der Waals surface area contributed by atoms with Crippen LogP contribution in [0.15, 0.2) is 47.4 Å². The van der Waals surface area contributed by atoms with Gasteiger partial charge in [0.25, 0.3) is 5.69 Å². The average molecular weight is 376 g/mol. The van der Waals surface area contributed by atoms with Gasteiger partial charge in [-0.05, 0) is 36.6 Å². The molecule has 0 atom stereocenters. The molecule has 0 saturated carbocycles. The number of benzene rings is 2. The maximum absolute atomic E-state index is 12.7. The third kappa shape index (κ3) is 3.31. The van der Waals surface area contributed by atoms with Crippen LogP contribution in [0.1, 0.15) is 23.2 Å². The Balaban J connectivity index is 2.12. The zero-order valence-electron chi connectivity index (χ0n) is 13.7. The maximum Gasteiger partial charge on any atom is 0.336 e. The molecular weight excluding hydrogens is 360 g/mol. The molecule has 0 aromatic heterocycles. The third-order valence-electron chi connectivity index (χ3n) is 4.29. The van der Waals surface area contributed by atoms with Crippen LogP contribution < -0.4 is 0 Å². The highest BCUT2D eigenvalue weighted by Gasteiger charge is 2.27. The molecule has 1 aliphatic rings. The van der Waals surface area contributed by atoms with Crippen molar-refractivity contribution in [3.63, 3.8) is 0 Å². The Bertz CT molecular complexity index is 980. The maximum atomic E-state index is 12.7. The van der Waals surface area contributed by atoms with Gasteiger partial charge in [0.2, 0.25) is 10.0 Å². The summed E-state index contributed by atoms with van der Waals surface area (Å²) in [4.78, 5) is 21.9. The summed E-state index contributed by atoms with van der Waals surface area (Å²) in [6.45, 7) is 0.896. The van der Waals surface area contributed by atoms with Crippen molar-refractivity contribution in [2.75, 3.05) is 13.1 Å². The molecule has 0 bridgehead atoms. The second-order valence-corrected chi connectivity index (χ2v) is 7.87. The molecule has 1 fully saturated rings.